The van der Waals surface area contributed by atoms with Gasteiger partial charge in [0.25, 0.3) is 5.56 Å². The maximum absolute atomic E-state index is 14.6. The predicted octanol–water partition coefficient (Wildman–Crippen LogP) is 16.8. The van der Waals surface area contributed by atoms with Gasteiger partial charge in [-0.3, -0.25) is 9.36 Å². The van der Waals surface area contributed by atoms with Crippen LogP contribution in [0.25, 0.3) is 122 Å². The van der Waals surface area contributed by atoms with E-state index in [4.69, 9.17) is 0 Å². The number of aromatic nitrogens is 3. The molecule has 0 N–H and O–H groups in total. The van der Waals surface area contributed by atoms with Crippen LogP contribution < -0.4 is 5.56 Å². The summed E-state index contributed by atoms with van der Waals surface area (Å²) >= 11 is 0. The minimum atomic E-state index is 0.0148. The normalized spacial score (nSPS) is 12.4. The lowest BCUT2D eigenvalue weighted by Crippen LogP contribution is -2.24. The molecule has 4 nitrogen and oxygen atoms in total. The maximum Gasteiger partial charge on any atom is 0.263 e. The lowest BCUT2D eigenvalue weighted by atomic mass is 9.91. The van der Waals surface area contributed by atoms with Crippen molar-refractivity contribution in [1.82, 2.24) is 13.7 Å². The summed E-state index contributed by atoms with van der Waals surface area (Å²) in [5.74, 6) is 0. The van der Waals surface area contributed by atoms with Gasteiger partial charge in [-0.15, -0.1) is 0 Å². The molecule has 0 unspecified atom stereocenters. The summed E-state index contributed by atoms with van der Waals surface area (Å²) in [4.78, 5) is 14.6. The molecule has 0 saturated heterocycles. The number of hydrogen-bond acceptors (Lipinski definition) is 1. The van der Waals surface area contributed by atoms with Crippen molar-refractivity contribution in [1.29, 1.82) is 0 Å². The standard InChI is InChI=1S/C67H45N3O/c71-67-58-26-8-7-23-55(58)59-41-49(47-17-14-18-48(40-47)51-32-37-65-61(43-51)57-25-10-12-28-63(57)69(65)53-21-5-2-6-22-53)33-38-66(59)70(67)54-34-29-44(30-35-54)45-15-13-16-46(39-45)50-31-36-64-60(42-50)56-24-9-11-27-62(56)68(64)52-19-3-1-4-20-52/h1-6,8-22,24-43H,7,23H2. The summed E-state index contributed by atoms with van der Waals surface area (Å²) in [6, 6.07) is 85.0. The van der Waals surface area contributed by atoms with Gasteiger partial charge in [0.2, 0.25) is 0 Å². The van der Waals surface area contributed by atoms with Crippen LogP contribution >= 0.6 is 0 Å². The van der Waals surface area contributed by atoms with Gasteiger partial charge in [0.1, 0.15) is 0 Å². The molecule has 0 spiro atoms. The van der Waals surface area contributed by atoms with Crippen LogP contribution in [0.2, 0.25) is 0 Å². The highest BCUT2D eigenvalue weighted by atomic mass is 16.1. The second kappa shape index (κ2) is 16.5. The molecule has 13 aromatic rings. The van der Waals surface area contributed by atoms with Gasteiger partial charge >= 0.3 is 0 Å². The van der Waals surface area contributed by atoms with E-state index < -0.39 is 0 Å². The molecule has 0 atom stereocenters. The molecule has 0 aliphatic heterocycles. The molecule has 0 saturated carbocycles. The molecule has 4 heteroatoms. The molecule has 0 fully saturated rings. The predicted molar refractivity (Wildman–Crippen MR) is 297 cm³/mol. The number of fused-ring (bicyclic) bond motifs is 9. The van der Waals surface area contributed by atoms with Crippen molar-refractivity contribution in [2.24, 2.45) is 0 Å². The van der Waals surface area contributed by atoms with E-state index in [1.807, 2.05) is 10.6 Å². The molecule has 1 aliphatic carbocycles. The summed E-state index contributed by atoms with van der Waals surface area (Å²) < 4.78 is 6.62. The van der Waals surface area contributed by atoms with Crippen molar-refractivity contribution < 1.29 is 0 Å². The van der Waals surface area contributed by atoms with Crippen molar-refractivity contribution in [3.8, 4) is 61.6 Å². The first-order valence-electron chi connectivity index (χ1n) is 24.5. The summed E-state index contributed by atoms with van der Waals surface area (Å²) in [5.41, 5.74) is 19.9. The largest absolute Gasteiger partial charge is 0.309 e. The van der Waals surface area contributed by atoms with Crippen molar-refractivity contribution in [3.63, 3.8) is 0 Å². The molecule has 0 bridgehead atoms. The van der Waals surface area contributed by atoms with Gasteiger partial charge in [0.05, 0.1) is 27.6 Å². The molecule has 14 rings (SSSR count). The molecular formula is C67H45N3O. The summed E-state index contributed by atoms with van der Waals surface area (Å²) in [5, 5.41) is 6.05. The number of pyridine rings is 1. The minimum absolute atomic E-state index is 0.0148. The van der Waals surface area contributed by atoms with E-state index in [0.29, 0.717) is 0 Å². The fraction of sp³-hybridized carbons (Fsp3) is 0.0299. The van der Waals surface area contributed by atoms with E-state index in [0.717, 1.165) is 85.3 Å². The summed E-state index contributed by atoms with van der Waals surface area (Å²) in [6.07, 6.45) is 5.91. The smallest absolute Gasteiger partial charge is 0.263 e. The molecule has 3 aromatic heterocycles. The zero-order valence-corrected chi connectivity index (χ0v) is 38.8. The number of rotatable bonds is 7. The zero-order valence-electron chi connectivity index (χ0n) is 38.8. The van der Waals surface area contributed by atoms with E-state index in [9.17, 15) is 4.79 Å². The highest BCUT2D eigenvalue weighted by Gasteiger charge is 2.20. The van der Waals surface area contributed by atoms with Crippen molar-refractivity contribution >= 4 is 60.6 Å². The third-order valence-corrected chi connectivity index (χ3v) is 14.7. The average Bonchev–Trinajstić information content (AvgIpc) is 3.96. The van der Waals surface area contributed by atoms with Gasteiger partial charge in [-0.05, 0) is 160 Å². The molecule has 10 aromatic carbocycles. The van der Waals surface area contributed by atoms with Crippen molar-refractivity contribution in [3.05, 3.63) is 264 Å². The monoisotopic (exact) mass is 907 g/mol. The van der Waals surface area contributed by atoms with Gasteiger partial charge in [-0.2, -0.15) is 0 Å². The minimum Gasteiger partial charge on any atom is -0.309 e. The van der Waals surface area contributed by atoms with Crippen LogP contribution in [0.5, 0.6) is 0 Å². The molecule has 334 valence electrons. The van der Waals surface area contributed by atoms with E-state index >= 15 is 0 Å². The number of aryl methyl sites for hydroxylation is 1. The first-order chi connectivity index (χ1) is 35.1. The molecule has 71 heavy (non-hydrogen) atoms. The van der Waals surface area contributed by atoms with Crippen LogP contribution in [0.1, 0.15) is 17.5 Å². The number of allylic oxidation sites excluding steroid dienone is 1. The second-order valence-electron chi connectivity index (χ2n) is 18.8. The fourth-order valence-corrected chi connectivity index (χ4v) is 11.4. The number of nitrogens with zero attached hydrogens (tertiary/aromatic N) is 3. The van der Waals surface area contributed by atoms with E-state index in [1.54, 1.807) is 0 Å². The Hall–Kier alpha value is -9.25. The first kappa shape index (κ1) is 40.8. The van der Waals surface area contributed by atoms with Crippen LogP contribution in [0.4, 0.5) is 0 Å². The van der Waals surface area contributed by atoms with Crippen LogP contribution in [-0.4, -0.2) is 13.7 Å². The van der Waals surface area contributed by atoms with Gasteiger partial charge in [0, 0.05) is 49.6 Å². The topological polar surface area (TPSA) is 31.9 Å². The Kier molecular flexibility index (Phi) is 9.46. The van der Waals surface area contributed by atoms with Gasteiger partial charge in [-0.1, -0.05) is 152 Å². The summed E-state index contributed by atoms with van der Waals surface area (Å²) in [7, 11) is 0. The highest BCUT2D eigenvalue weighted by molar-refractivity contribution is 6.11. The quantitative estimate of drug-likeness (QED) is 0.157. The van der Waals surface area contributed by atoms with Crippen LogP contribution in [0.15, 0.2) is 247 Å². The maximum atomic E-state index is 14.6. The molecule has 0 amide bonds. The fourth-order valence-electron chi connectivity index (χ4n) is 11.4. The Labute approximate surface area is 410 Å². The second-order valence-corrected chi connectivity index (χ2v) is 18.8. The Morgan fingerprint density at radius 3 is 1.21 bits per heavy atom. The van der Waals surface area contributed by atoms with Gasteiger partial charge in [0.15, 0.2) is 0 Å². The van der Waals surface area contributed by atoms with E-state index in [2.05, 4.69) is 252 Å². The van der Waals surface area contributed by atoms with Crippen LogP contribution in [0, 0.1) is 0 Å². The lowest BCUT2D eigenvalue weighted by Gasteiger charge is -2.20. The zero-order chi connectivity index (χ0) is 47.0. The SMILES string of the molecule is O=c1c2c(c3cc(-c4cccc(-c5ccc6c(c5)c5ccccc5n6-c5ccccc5)c4)ccc3n1-c1ccc(-c3cccc(-c4ccc5c(c4)c4ccccc4n5-c4ccccc4)c3)cc1)CCC=C2. The van der Waals surface area contributed by atoms with Gasteiger partial charge < -0.3 is 9.13 Å². The van der Waals surface area contributed by atoms with Crippen LogP contribution in [0.3, 0.4) is 0 Å². The van der Waals surface area contributed by atoms with E-state index in [1.165, 1.54) is 54.7 Å². The van der Waals surface area contributed by atoms with Crippen molar-refractivity contribution in [2.75, 3.05) is 0 Å². The van der Waals surface area contributed by atoms with Gasteiger partial charge in [-0.25, -0.2) is 0 Å². The Bertz CT molecular complexity index is 4340. The van der Waals surface area contributed by atoms with Crippen LogP contribution in [-0.2, 0) is 6.42 Å². The number of hydrogen-bond donors (Lipinski definition) is 0. The molecular weight excluding hydrogens is 863 g/mol. The molecule has 0 radical (unpaired) electrons. The first-order valence-corrected chi connectivity index (χ1v) is 24.5. The molecule has 3 heterocycles. The third-order valence-electron chi connectivity index (χ3n) is 14.7. The lowest BCUT2D eigenvalue weighted by molar-refractivity contribution is 0.956. The summed E-state index contributed by atoms with van der Waals surface area (Å²) in [6.45, 7) is 0. The average molecular weight is 908 g/mol. The Morgan fingerprint density at radius 1 is 0.296 bits per heavy atom. The highest BCUT2D eigenvalue weighted by Crippen LogP contribution is 2.39. The Balaban J connectivity index is 0.809. The Morgan fingerprint density at radius 2 is 0.690 bits per heavy atom. The molecule has 1 aliphatic rings. The van der Waals surface area contributed by atoms with E-state index in [-0.39, 0.29) is 5.56 Å². The number of para-hydroxylation sites is 4. The third kappa shape index (κ3) is 6.71. The number of benzene rings is 10. The van der Waals surface area contributed by atoms with Crippen molar-refractivity contribution in [2.45, 2.75) is 12.8 Å².